The van der Waals surface area contributed by atoms with Gasteiger partial charge in [-0.3, -0.25) is 9.59 Å². The largest absolute Gasteiger partial charge is 0.322 e. The summed E-state index contributed by atoms with van der Waals surface area (Å²) in [6.07, 6.45) is 0. The maximum Gasteiger partial charge on any atom is 0.265 e. The molecule has 0 radical (unpaired) electrons. The van der Waals surface area contributed by atoms with E-state index in [-0.39, 0.29) is 11.8 Å². The molecule has 0 saturated heterocycles. The summed E-state index contributed by atoms with van der Waals surface area (Å²) >= 11 is 9.67. The molecule has 0 aliphatic rings. The van der Waals surface area contributed by atoms with Crippen molar-refractivity contribution in [2.24, 2.45) is 0 Å². The Bertz CT molecular complexity index is 911. The molecule has 2 N–H and O–H groups in total. The van der Waals surface area contributed by atoms with Gasteiger partial charge in [0.2, 0.25) is 0 Å². The number of amides is 2. The fourth-order valence-electron chi connectivity index (χ4n) is 2.09. The van der Waals surface area contributed by atoms with Crippen LogP contribution in [0, 0.1) is 3.57 Å². The topological polar surface area (TPSA) is 58.2 Å². The fourth-order valence-corrected chi connectivity index (χ4v) is 3.23. The van der Waals surface area contributed by atoms with Crippen molar-refractivity contribution in [3.05, 3.63) is 79.0 Å². The summed E-state index contributed by atoms with van der Waals surface area (Å²) in [6, 6.07) is 15.8. The number of hydrogen-bond acceptors (Lipinski definition) is 3. The third kappa shape index (κ3) is 4.59. The lowest BCUT2D eigenvalue weighted by Gasteiger charge is -2.10. The highest BCUT2D eigenvalue weighted by molar-refractivity contribution is 14.1. The highest BCUT2D eigenvalue weighted by atomic mass is 127. The van der Waals surface area contributed by atoms with E-state index in [0.29, 0.717) is 26.8 Å². The van der Waals surface area contributed by atoms with Gasteiger partial charge >= 0.3 is 0 Å². The fraction of sp³-hybridized carbons (Fsp3) is 0. The van der Waals surface area contributed by atoms with Crippen molar-refractivity contribution in [2.45, 2.75) is 0 Å². The number of thiophene rings is 1. The quantitative estimate of drug-likeness (QED) is 0.482. The van der Waals surface area contributed by atoms with Crippen molar-refractivity contribution < 1.29 is 9.59 Å². The Hall–Kier alpha value is -1.90. The van der Waals surface area contributed by atoms with Gasteiger partial charge in [-0.1, -0.05) is 17.7 Å². The van der Waals surface area contributed by atoms with Crippen LogP contribution in [0.4, 0.5) is 11.4 Å². The van der Waals surface area contributed by atoms with E-state index in [1.807, 2.05) is 29.6 Å². The predicted octanol–water partition coefficient (Wildman–Crippen LogP) is 5.51. The molecule has 2 amide bonds. The molecule has 1 heterocycles. The van der Waals surface area contributed by atoms with E-state index in [2.05, 4.69) is 33.2 Å². The van der Waals surface area contributed by atoms with Crippen molar-refractivity contribution in [1.82, 2.24) is 0 Å². The van der Waals surface area contributed by atoms with Crippen LogP contribution in [0.1, 0.15) is 20.0 Å². The first kappa shape index (κ1) is 17.9. The number of rotatable bonds is 4. The Morgan fingerprint density at radius 2 is 1.72 bits per heavy atom. The molecule has 1 aromatic heterocycles. The molecule has 0 aliphatic heterocycles. The molecule has 2 aromatic carbocycles. The van der Waals surface area contributed by atoms with Gasteiger partial charge in [-0.2, -0.15) is 0 Å². The van der Waals surface area contributed by atoms with Crippen LogP contribution in [-0.2, 0) is 0 Å². The van der Waals surface area contributed by atoms with Crippen LogP contribution in [0.5, 0.6) is 0 Å². The molecule has 3 aromatic rings. The smallest absolute Gasteiger partial charge is 0.265 e. The second-order valence-corrected chi connectivity index (χ2v) is 7.69. The van der Waals surface area contributed by atoms with E-state index in [1.54, 1.807) is 30.3 Å². The maximum absolute atomic E-state index is 12.4. The van der Waals surface area contributed by atoms with E-state index in [0.717, 1.165) is 3.57 Å². The minimum absolute atomic E-state index is 0.257. The lowest BCUT2D eigenvalue weighted by atomic mass is 10.1. The van der Waals surface area contributed by atoms with E-state index in [9.17, 15) is 9.59 Å². The van der Waals surface area contributed by atoms with Crippen molar-refractivity contribution in [1.29, 1.82) is 0 Å². The summed E-state index contributed by atoms with van der Waals surface area (Å²) in [4.78, 5) is 25.2. The van der Waals surface area contributed by atoms with Crippen molar-refractivity contribution in [3.8, 4) is 0 Å². The average Bonchev–Trinajstić information content (AvgIpc) is 3.13. The molecule has 4 nitrogen and oxygen atoms in total. The van der Waals surface area contributed by atoms with Crippen LogP contribution in [0.15, 0.2) is 60.0 Å². The Balaban J connectivity index is 1.77. The first-order chi connectivity index (χ1) is 12.0. The molecule has 126 valence electrons. The second-order valence-electron chi connectivity index (χ2n) is 5.09. The van der Waals surface area contributed by atoms with Crippen molar-refractivity contribution in [3.63, 3.8) is 0 Å². The van der Waals surface area contributed by atoms with Gasteiger partial charge in [0.15, 0.2) is 0 Å². The Morgan fingerprint density at radius 1 is 0.960 bits per heavy atom. The number of carbonyl (C=O) groups excluding carboxylic acids is 2. The highest BCUT2D eigenvalue weighted by Crippen LogP contribution is 2.25. The minimum atomic E-state index is -0.274. The highest BCUT2D eigenvalue weighted by Gasteiger charge is 2.13. The van der Waals surface area contributed by atoms with Crippen LogP contribution < -0.4 is 10.6 Å². The van der Waals surface area contributed by atoms with Crippen LogP contribution in [0.3, 0.4) is 0 Å². The molecule has 0 atom stereocenters. The van der Waals surface area contributed by atoms with Gasteiger partial charge in [0.25, 0.3) is 11.8 Å². The van der Waals surface area contributed by atoms with E-state index in [1.165, 1.54) is 11.3 Å². The Morgan fingerprint density at radius 3 is 2.40 bits per heavy atom. The Labute approximate surface area is 167 Å². The van der Waals surface area contributed by atoms with Crippen LogP contribution in [-0.4, -0.2) is 11.8 Å². The zero-order valence-corrected chi connectivity index (χ0v) is 16.5. The van der Waals surface area contributed by atoms with Gasteiger partial charge in [0.05, 0.1) is 15.6 Å². The molecular formula is C18H12ClIN2O2S. The molecule has 7 heteroatoms. The number of nitrogens with one attached hydrogen (secondary N) is 2. The Kier molecular flexibility index (Phi) is 5.72. The first-order valence-corrected chi connectivity index (χ1v) is 9.58. The van der Waals surface area contributed by atoms with Gasteiger partial charge in [0.1, 0.15) is 0 Å². The van der Waals surface area contributed by atoms with Gasteiger partial charge < -0.3 is 10.6 Å². The van der Waals surface area contributed by atoms with Crippen LogP contribution in [0.25, 0.3) is 0 Å². The van der Waals surface area contributed by atoms with E-state index in [4.69, 9.17) is 11.6 Å². The number of carbonyl (C=O) groups is 2. The standard InChI is InChI=1S/C18H12ClIN2O2S/c19-14-8-3-11(17(23)21-13-6-4-12(20)5-7-13)10-15(14)22-18(24)16-2-1-9-25-16/h1-10H,(H,21,23)(H,22,24). The molecule has 25 heavy (non-hydrogen) atoms. The van der Waals surface area contributed by atoms with E-state index >= 15 is 0 Å². The molecule has 0 aliphatic carbocycles. The summed E-state index contributed by atoms with van der Waals surface area (Å²) in [5.41, 5.74) is 1.50. The third-order valence-corrected chi connectivity index (χ3v) is 5.24. The third-order valence-electron chi connectivity index (χ3n) is 3.32. The molecule has 0 spiro atoms. The van der Waals surface area contributed by atoms with Crippen molar-refractivity contribution >= 4 is 68.7 Å². The average molecular weight is 483 g/mol. The normalized spacial score (nSPS) is 10.3. The summed E-state index contributed by atoms with van der Waals surface area (Å²) < 4.78 is 1.08. The number of hydrogen-bond donors (Lipinski definition) is 2. The molecule has 0 unspecified atom stereocenters. The number of halogens is 2. The zero-order valence-electron chi connectivity index (χ0n) is 12.8. The van der Waals surface area contributed by atoms with Gasteiger partial charge in [-0.05, 0) is 76.5 Å². The number of benzene rings is 2. The van der Waals surface area contributed by atoms with Crippen LogP contribution in [0.2, 0.25) is 5.02 Å². The summed E-state index contributed by atoms with van der Waals surface area (Å²) in [5.74, 6) is -0.531. The summed E-state index contributed by atoms with van der Waals surface area (Å²) in [6.45, 7) is 0. The van der Waals surface area contributed by atoms with Crippen molar-refractivity contribution in [2.75, 3.05) is 10.6 Å². The molecule has 3 rings (SSSR count). The van der Waals surface area contributed by atoms with E-state index < -0.39 is 0 Å². The molecule has 0 bridgehead atoms. The van der Waals surface area contributed by atoms with Gasteiger partial charge in [-0.25, -0.2) is 0 Å². The summed E-state index contributed by atoms with van der Waals surface area (Å²) in [5, 5.41) is 7.75. The maximum atomic E-state index is 12.4. The first-order valence-electron chi connectivity index (χ1n) is 7.24. The summed E-state index contributed by atoms with van der Waals surface area (Å²) in [7, 11) is 0. The lowest BCUT2D eigenvalue weighted by molar-refractivity contribution is 0.101. The lowest BCUT2D eigenvalue weighted by Crippen LogP contribution is -2.14. The molecule has 0 fully saturated rings. The predicted molar refractivity (Wildman–Crippen MR) is 111 cm³/mol. The van der Waals surface area contributed by atoms with Crippen LogP contribution >= 0.6 is 45.5 Å². The molecule has 0 saturated carbocycles. The monoisotopic (exact) mass is 482 g/mol. The second kappa shape index (κ2) is 7.99. The van der Waals surface area contributed by atoms with Gasteiger partial charge in [0, 0.05) is 14.8 Å². The van der Waals surface area contributed by atoms with Gasteiger partial charge in [-0.15, -0.1) is 11.3 Å². The minimum Gasteiger partial charge on any atom is -0.322 e. The SMILES string of the molecule is O=C(Nc1ccc(I)cc1)c1ccc(Cl)c(NC(=O)c2cccs2)c1. The number of anilines is 2. The zero-order chi connectivity index (χ0) is 17.8. The molecular weight excluding hydrogens is 471 g/mol.